The van der Waals surface area contributed by atoms with E-state index in [1.807, 2.05) is 0 Å². The van der Waals surface area contributed by atoms with Crippen molar-refractivity contribution in [3.63, 3.8) is 0 Å². The number of benzene rings is 1. The molecule has 1 nitrogen and oxygen atoms in total. The summed E-state index contributed by atoms with van der Waals surface area (Å²) in [5.41, 5.74) is 2.61. The monoisotopic (exact) mass is 221 g/mol. The molecule has 1 aromatic rings. The van der Waals surface area contributed by atoms with Crippen molar-refractivity contribution in [1.82, 2.24) is 5.32 Å². The first kappa shape index (κ1) is 11.6. The highest BCUT2D eigenvalue weighted by Crippen LogP contribution is 2.26. The molecule has 1 fully saturated rings. The van der Waals surface area contributed by atoms with E-state index in [-0.39, 0.29) is 0 Å². The summed E-state index contributed by atoms with van der Waals surface area (Å²) in [4.78, 5) is 0. The first-order valence-electron chi connectivity index (χ1n) is 6.05. The molecule has 0 bridgehead atoms. The van der Waals surface area contributed by atoms with Gasteiger partial charge in [-0.1, -0.05) is 18.2 Å². The molecule has 1 atom stereocenters. The zero-order valence-electron chi connectivity index (χ0n) is 10.1. The highest BCUT2D eigenvalue weighted by atomic mass is 19.1. The number of aryl methyl sites for hydroxylation is 2. The Balaban J connectivity index is 2.10. The van der Waals surface area contributed by atoms with Crippen molar-refractivity contribution in [2.24, 2.45) is 0 Å². The minimum absolute atomic E-state index is 0.500. The van der Waals surface area contributed by atoms with Crippen LogP contribution in [0.25, 0.3) is 0 Å². The molecule has 1 unspecified atom stereocenters. The number of nitrogens with one attached hydrogen (secondary N) is 1. The average Bonchev–Trinajstić information content (AvgIpc) is 2.24. The molecule has 0 radical (unpaired) electrons. The molecule has 0 aliphatic carbocycles. The summed E-state index contributed by atoms with van der Waals surface area (Å²) in [7, 11) is 0. The lowest BCUT2D eigenvalue weighted by molar-refractivity contribution is 0.122. The van der Waals surface area contributed by atoms with E-state index in [2.05, 4.69) is 37.4 Å². The van der Waals surface area contributed by atoms with Gasteiger partial charge in [-0.25, -0.2) is 4.39 Å². The fraction of sp³-hybridized carbons (Fsp3) is 0.571. The van der Waals surface area contributed by atoms with Crippen LogP contribution in [0.4, 0.5) is 4.39 Å². The van der Waals surface area contributed by atoms with Gasteiger partial charge in [-0.3, -0.25) is 0 Å². The van der Waals surface area contributed by atoms with Crippen molar-refractivity contribution in [2.45, 2.75) is 38.8 Å². The standard InChI is InChI=1S/C14H20FN/c1-11-4-5-13(8-12(11)2)9-14(15)6-3-7-16-10-14/h4-5,8,16H,3,6-7,9-10H2,1-2H3. The second-order valence-electron chi connectivity index (χ2n) is 5.03. The first-order valence-corrected chi connectivity index (χ1v) is 6.05. The van der Waals surface area contributed by atoms with Crippen LogP contribution < -0.4 is 5.32 Å². The Labute approximate surface area is 97.1 Å². The van der Waals surface area contributed by atoms with E-state index in [1.165, 1.54) is 11.1 Å². The van der Waals surface area contributed by atoms with Crippen LogP contribution in [0.3, 0.4) is 0 Å². The molecule has 0 amide bonds. The number of hydrogen-bond donors (Lipinski definition) is 1. The zero-order valence-corrected chi connectivity index (χ0v) is 10.1. The summed E-state index contributed by atoms with van der Waals surface area (Å²) < 4.78 is 14.4. The molecule has 1 heterocycles. The number of piperidine rings is 1. The molecule has 16 heavy (non-hydrogen) atoms. The molecular weight excluding hydrogens is 201 g/mol. The summed E-state index contributed by atoms with van der Waals surface area (Å²) in [6, 6.07) is 6.26. The zero-order chi connectivity index (χ0) is 11.6. The van der Waals surface area contributed by atoms with E-state index in [1.54, 1.807) is 0 Å². The maximum atomic E-state index is 14.4. The molecule has 1 aliphatic heterocycles. The Bertz CT molecular complexity index is 367. The van der Waals surface area contributed by atoms with Crippen LogP contribution in [0, 0.1) is 13.8 Å². The van der Waals surface area contributed by atoms with Crippen LogP contribution in [0.15, 0.2) is 18.2 Å². The number of rotatable bonds is 2. The third-order valence-electron chi connectivity index (χ3n) is 3.51. The second kappa shape index (κ2) is 4.54. The van der Waals surface area contributed by atoms with Crippen molar-refractivity contribution in [1.29, 1.82) is 0 Å². The summed E-state index contributed by atoms with van der Waals surface area (Å²) in [5, 5.41) is 3.15. The average molecular weight is 221 g/mol. The Morgan fingerprint density at radius 2 is 2.12 bits per heavy atom. The van der Waals surface area contributed by atoms with E-state index >= 15 is 0 Å². The molecule has 1 N–H and O–H groups in total. The molecule has 2 rings (SSSR count). The quantitative estimate of drug-likeness (QED) is 0.809. The normalized spacial score (nSPS) is 25.7. The lowest BCUT2D eigenvalue weighted by atomic mass is 9.88. The van der Waals surface area contributed by atoms with Crippen LogP contribution in [0.5, 0.6) is 0 Å². The third kappa shape index (κ3) is 2.62. The highest BCUT2D eigenvalue weighted by molar-refractivity contribution is 5.30. The minimum Gasteiger partial charge on any atom is -0.314 e. The minimum atomic E-state index is -1.04. The van der Waals surface area contributed by atoms with Crippen molar-refractivity contribution in [2.75, 3.05) is 13.1 Å². The lowest BCUT2D eigenvalue weighted by Crippen LogP contribution is -2.43. The number of hydrogen-bond acceptors (Lipinski definition) is 1. The van der Waals surface area contributed by atoms with E-state index in [0.717, 1.165) is 18.5 Å². The summed E-state index contributed by atoms with van der Waals surface area (Å²) in [6.07, 6.45) is 2.18. The fourth-order valence-electron chi connectivity index (χ4n) is 2.36. The molecule has 1 saturated heterocycles. The Hall–Kier alpha value is -0.890. The predicted octanol–water partition coefficient (Wildman–Crippen LogP) is 2.94. The lowest BCUT2D eigenvalue weighted by Gasteiger charge is -2.30. The largest absolute Gasteiger partial charge is 0.314 e. The number of alkyl halides is 1. The van der Waals surface area contributed by atoms with E-state index < -0.39 is 5.67 Å². The maximum absolute atomic E-state index is 14.4. The Morgan fingerprint density at radius 3 is 2.75 bits per heavy atom. The van der Waals surface area contributed by atoms with Crippen LogP contribution in [0.2, 0.25) is 0 Å². The number of halogens is 1. The van der Waals surface area contributed by atoms with Gasteiger partial charge in [-0.2, -0.15) is 0 Å². The topological polar surface area (TPSA) is 12.0 Å². The van der Waals surface area contributed by atoms with Gasteiger partial charge in [0.15, 0.2) is 0 Å². The second-order valence-corrected chi connectivity index (χ2v) is 5.03. The van der Waals surface area contributed by atoms with Crippen molar-refractivity contribution < 1.29 is 4.39 Å². The summed E-state index contributed by atoms with van der Waals surface area (Å²) in [5.74, 6) is 0. The van der Waals surface area contributed by atoms with Gasteiger partial charge in [0.2, 0.25) is 0 Å². The van der Waals surface area contributed by atoms with Gasteiger partial charge in [0.1, 0.15) is 5.67 Å². The van der Waals surface area contributed by atoms with Crippen LogP contribution >= 0.6 is 0 Å². The summed E-state index contributed by atoms with van der Waals surface area (Å²) >= 11 is 0. The molecule has 1 aromatic carbocycles. The summed E-state index contributed by atoms with van der Waals surface area (Å²) in [6.45, 7) is 5.63. The van der Waals surface area contributed by atoms with Gasteiger partial charge in [0, 0.05) is 13.0 Å². The maximum Gasteiger partial charge on any atom is 0.127 e. The van der Waals surface area contributed by atoms with Gasteiger partial charge < -0.3 is 5.32 Å². The van der Waals surface area contributed by atoms with E-state index in [9.17, 15) is 4.39 Å². The van der Waals surface area contributed by atoms with Crippen molar-refractivity contribution in [3.05, 3.63) is 34.9 Å². The van der Waals surface area contributed by atoms with Gasteiger partial charge >= 0.3 is 0 Å². The van der Waals surface area contributed by atoms with E-state index in [0.29, 0.717) is 19.4 Å². The molecule has 0 spiro atoms. The smallest absolute Gasteiger partial charge is 0.127 e. The Morgan fingerprint density at radius 1 is 1.31 bits per heavy atom. The predicted molar refractivity (Wildman–Crippen MR) is 65.6 cm³/mol. The van der Waals surface area contributed by atoms with Crippen LogP contribution in [0.1, 0.15) is 29.5 Å². The molecule has 2 heteroatoms. The Kier molecular flexibility index (Phi) is 3.29. The van der Waals surface area contributed by atoms with Gasteiger partial charge in [0.05, 0.1) is 0 Å². The van der Waals surface area contributed by atoms with Crippen LogP contribution in [-0.2, 0) is 6.42 Å². The third-order valence-corrected chi connectivity index (χ3v) is 3.51. The molecular formula is C14H20FN. The molecule has 0 aromatic heterocycles. The SMILES string of the molecule is Cc1ccc(CC2(F)CCCNC2)cc1C. The van der Waals surface area contributed by atoms with Gasteiger partial charge in [0.25, 0.3) is 0 Å². The van der Waals surface area contributed by atoms with Crippen LogP contribution in [-0.4, -0.2) is 18.8 Å². The van der Waals surface area contributed by atoms with Gasteiger partial charge in [-0.05, 0) is 49.9 Å². The highest BCUT2D eigenvalue weighted by Gasteiger charge is 2.31. The molecule has 1 aliphatic rings. The fourth-order valence-corrected chi connectivity index (χ4v) is 2.36. The van der Waals surface area contributed by atoms with Gasteiger partial charge in [-0.15, -0.1) is 0 Å². The molecule has 88 valence electrons. The van der Waals surface area contributed by atoms with Crippen molar-refractivity contribution in [3.8, 4) is 0 Å². The molecule has 0 saturated carbocycles. The van der Waals surface area contributed by atoms with E-state index in [4.69, 9.17) is 0 Å². The van der Waals surface area contributed by atoms with Crippen molar-refractivity contribution >= 4 is 0 Å². The first-order chi connectivity index (χ1) is 7.59.